The van der Waals surface area contributed by atoms with Gasteiger partial charge in [-0.25, -0.2) is 12.8 Å². The lowest BCUT2D eigenvalue weighted by atomic mass is 10.1. The number of hydrogen-bond acceptors (Lipinski definition) is 4. The minimum absolute atomic E-state index is 0.114. The van der Waals surface area contributed by atoms with E-state index in [-0.39, 0.29) is 23.3 Å². The zero-order valence-electron chi connectivity index (χ0n) is 10.1. The number of halogens is 1. The molecule has 1 aliphatic rings. The van der Waals surface area contributed by atoms with Crippen molar-refractivity contribution < 1.29 is 17.9 Å². The highest BCUT2D eigenvalue weighted by atomic mass is 32.2. The summed E-state index contributed by atoms with van der Waals surface area (Å²) in [6.07, 6.45) is 0. The van der Waals surface area contributed by atoms with Crippen molar-refractivity contribution in [3.05, 3.63) is 29.6 Å². The first kappa shape index (κ1) is 13.3. The van der Waals surface area contributed by atoms with Crippen LogP contribution in [0.1, 0.15) is 12.5 Å². The van der Waals surface area contributed by atoms with Crippen LogP contribution in [0.4, 0.5) is 4.39 Å². The van der Waals surface area contributed by atoms with Crippen molar-refractivity contribution in [2.24, 2.45) is 0 Å². The molecule has 0 bridgehead atoms. The van der Waals surface area contributed by atoms with Crippen molar-refractivity contribution in [2.75, 3.05) is 18.1 Å². The van der Waals surface area contributed by atoms with Gasteiger partial charge in [0.25, 0.3) is 0 Å². The van der Waals surface area contributed by atoms with E-state index >= 15 is 0 Å². The largest absolute Gasteiger partial charge is 0.505 e. The number of para-hydroxylation sites is 1. The molecular formula is C12H16FNO3S. The van der Waals surface area contributed by atoms with Crippen molar-refractivity contribution in [3.63, 3.8) is 0 Å². The zero-order chi connectivity index (χ0) is 13.3. The Bertz CT molecular complexity index is 544. The normalized spacial score (nSPS) is 24.0. The van der Waals surface area contributed by atoms with E-state index in [1.54, 1.807) is 6.07 Å². The molecule has 4 nitrogen and oxygen atoms in total. The summed E-state index contributed by atoms with van der Waals surface area (Å²) >= 11 is 0. The van der Waals surface area contributed by atoms with Gasteiger partial charge in [0.1, 0.15) is 0 Å². The summed E-state index contributed by atoms with van der Waals surface area (Å²) in [6, 6.07) is 4.26. The summed E-state index contributed by atoms with van der Waals surface area (Å²) in [5, 5.41) is 9.60. The molecule has 1 saturated heterocycles. The third kappa shape index (κ3) is 2.81. The van der Waals surface area contributed by atoms with Gasteiger partial charge in [0, 0.05) is 24.7 Å². The molecule has 1 aliphatic heterocycles. The maximum atomic E-state index is 13.2. The summed E-state index contributed by atoms with van der Waals surface area (Å²) in [4.78, 5) is 1.94. The van der Waals surface area contributed by atoms with Crippen LogP contribution in [0.5, 0.6) is 5.75 Å². The van der Waals surface area contributed by atoms with Crippen LogP contribution >= 0.6 is 0 Å². The quantitative estimate of drug-likeness (QED) is 0.878. The molecule has 1 aromatic rings. The third-order valence-electron chi connectivity index (χ3n) is 3.25. The van der Waals surface area contributed by atoms with E-state index in [0.29, 0.717) is 18.7 Å². The van der Waals surface area contributed by atoms with Crippen LogP contribution in [0.25, 0.3) is 0 Å². The van der Waals surface area contributed by atoms with E-state index in [1.165, 1.54) is 12.1 Å². The molecule has 0 aliphatic carbocycles. The molecule has 1 atom stereocenters. The highest BCUT2D eigenvalue weighted by Gasteiger charge is 2.28. The number of aromatic hydroxyl groups is 1. The summed E-state index contributed by atoms with van der Waals surface area (Å²) < 4.78 is 36.1. The smallest absolute Gasteiger partial charge is 0.165 e. The standard InChI is InChI=1S/C12H16FNO3S/c1-9-8-18(16,17)6-5-14(9)7-10-3-2-4-11(13)12(10)15/h2-4,9,15H,5-8H2,1H3. The topological polar surface area (TPSA) is 57.6 Å². The van der Waals surface area contributed by atoms with Crippen molar-refractivity contribution in [2.45, 2.75) is 19.5 Å². The molecule has 0 spiro atoms. The number of nitrogens with zero attached hydrogens (tertiary/aromatic N) is 1. The Morgan fingerprint density at radius 1 is 1.50 bits per heavy atom. The second-order valence-corrected chi connectivity index (χ2v) is 6.91. The van der Waals surface area contributed by atoms with Crippen LogP contribution in [-0.2, 0) is 16.4 Å². The molecule has 0 radical (unpaired) electrons. The van der Waals surface area contributed by atoms with Crippen molar-refractivity contribution in [3.8, 4) is 5.75 Å². The molecule has 18 heavy (non-hydrogen) atoms. The van der Waals surface area contributed by atoms with Crippen LogP contribution in [0, 0.1) is 5.82 Å². The first-order chi connectivity index (χ1) is 8.39. The Morgan fingerprint density at radius 2 is 2.22 bits per heavy atom. The minimum atomic E-state index is -2.95. The molecule has 1 aromatic carbocycles. The Labute approximate surface area is 106 Å². The number of sulfone groups is 1. The molecule has 6 heteroatoms. The monoisotopic (exact) mass is 273 g/mol. The average Bonchev–Trinajstić information content (AvgIpc) is 2.27. The molecule has 0 saturated carbocycles. The van der Waals surface area contributed by atoms with Gasteiger partial charge in [-0.05, 0) is 13.0 Å². The Morgan fingerprint density at radius 3 is 2.89 bits per heavy atom. The van der Waals surface area contributed by atoms with Crippen molar-refractivity contribution >= 4 is 9.84 Å². The molecule has 100 valence electrons. The van der Waals surface area contributed by atoms with Crippen LogP contribution in [-0.4, -0.2) is 42.5 Å². The van der Waals surface area contributed by atoms with Gasteiger partial charge in [-0.3, -0.25) is 4.90 Å². The SMILES string of the molecule is CC1CS(=O)(=O)CCN1Cc1cccc(F)c1O. The number of phenolic OH excluding ortho intramolecular Hbond substituents is 1. The predicted molar refractivity (Wildman–Crippen MR) is 66.6 cm³/mol. The van der Waals surface area contributed by atoms with Crippen molar-refractivity contribution in [1.82, 2.24) is 4.90 Å². The lowest BCUT2D eigenvalue weighted by Gasteiger charge is -2.33. The maximum absolute atomic E-state index is 13.2. The van der Waals surface area contributed by atoms with Gasteiger partial charge < -0.3 is 5.11 Å². The van der Waals surface area contributed by atoms with Crippen LogP contribution in [0.3, 0.4) is 0 Å². The van der Waals surface area contributed by atoms with Crippen LogP contribution in [0.15, 0.2) is 18.2 Å². The molecule has 1 unspecified atom stereocenters. The lowest BCUT2D eigenvalue weighted by Crippen LogP contribution is -2.46. The fourth-order valence-corrected chi connectivity index (χ4v) is 3.80. The Kier molecular flexibility index (Phi) is 3.59. The summed E-state index contributed by atoms with van der Waals surface area (Å²) in [5.41, 5.74) is 0.487. The van der Waals surface area contributed by atoms with Crippen molar-refractivity contribution in [1.29, 1.82) is 0 Å². The highest BCUT2D eigenvalue weighted by molar-refractivity contribution is 7.91. The van der Waals surface area contributed by atoms with Gasteiger partial charge in [-0.1, -0.05) is 12.1 Å². The molecule has 1 N–H and O–H groups in total. The molecule has 2 rings (SSSR count). The lowest BCUT2D eigenvalue weighted by molar-refractivity contribution is 0.215. The predicted octanol–water partition coefficient (Wildman–Crippen LogP) is 1.15. The Balaban J connectivity index is 2.13. The summed E-state index contributed by atoms with van der Waals surface area (Å²) in [6.45, 7) is 2.60. The summed E-state index contributed by atoms with van der Waals surface area (Å²) in [5.74, 6) is -0.765. The molecular weight excluding hydrogens is 257 g/mol. The van der Waals surface area contributed by atoms with Gasteiger partial charge in [0.05, 0.1) is 11.5 Å². The maximum Gasteiger partial charge on any atom is 0.165 e. The number of benzene rings is 1. The average molecular weight is 273 g/mol. The second kappa shape index (κ2) is 4.85. The van der Waals surface area contributed by atoms with E-state index in [0.717, 1.165) is 0 Å². The highest BCUT2D eigenvalue weighted by Crippen LogP contribution is 2.24. The molecule has 0 amide bonds. The van der Waals surface area contributed by atoms with Gasteiger partial charge in [-0.15, -0.1) is 0 Å². The van der Waals surface area contributed by atoms with E-state index in [2.05, 4.69) is 0 Å². The molecule has 0 aromatic heterocycles. The fourth-order valence-electron chi connectivity index (χ4n) is 2.17. The van der Waals surface area contributed by atoms with E-state index in [1.807, 2.05) is 11.8 Å². The van der Waals surface area contributed by atoms with Gasteiger partial charge in [0.15, 0.2) is 21.4 Å². The van der Waals surface area contributed by atoms with Gasteiger partial charge >= 0.3 is 0 Å². The van der Waals surface area contributed by atoms with E-state index in [4.69, 9.17) is 0 Å². The number of phenols is 1. The third-order valence-corrected chi connectivity index (χ3v) is 5.05. The van der Waals surface area contributed by atoms with Crippen LogP contribution in [0.2, 0.25) is 0 Å². The first-order valence-electron chi connectivity index (χ1n) is 5.80. The second-order valence-electron chi connectivity index (χ2n) is 4.68. The van der Waals surface area contributed by atoms with Crippen LogP contribution < -0.4 is 0 Å². The number of rotatable bonds is 2. The molecule has 1 heterocycles. The number of hydrogen-bond donors (Lipinski definition) is 1. The molecule has 1 fully saturated rings. The van der Waals surface area contributed by atoms with Gasteiger partial charge in [-0.2, -0.15) is 0 Å². The Hall–Kier alpha value is -1.14. The van der Waals surface area contributed by atoms with Gasteiger partial charge in [0.2, 0.25) is 0 Å². The fraction of sp³-hybridized carbons (Fsp3) is 0.500. The first-order valence-corrected chi connectivity index (χ1v) is 7.62. The van der Waals surface area contributed by atoms with E-state index in [9.17, 15) is 17.9 Å². The summed E-state index contributed by atoms with van der Waals surface area (Å²) in [7, 11) is -2.95. The minimum Gasteiger partial charge on any atom is -0.505 e. The zero-order valence-corrected chi connectivity index (χ0v) is 11.0. The van der Waals surface area contributed by atoms with E-state index < -0.39 is 15.7 Å².